The van der Waals surface area contributed by atoms with Crippen LogP contribution in [-0.4, -0.2) is 19.9 Å². The second-order valence-electron chi connectivity index (χ2n) is 3.28. The van der Waals surface area contributed by atoms with E-state index < -0.39 is 10.0 Å². The van der Waals surface area contributed by atoms with Gasteiger partial charge in [0.1, 0.15) is 9.37 Å². The molecule has 2 aromatic heterocycles. The van der Waals surface area contributed by atoms with E-state index in [-0.39, 0.29) is 15.7 Å². The summed E-state index contributed by atoms with van der Waals surface area (Å²) in [7, 11) is -3.86. The van der Waals surface area contributed by atoms with Gasteiger partial charge < -0.3 is 4.52 Å². The third-order valence-corrected chi connectivity index (χ3v) is 5.37. The highest BCUT2D eigenvalue weighted by Crippen LogP contribution is 2.29. The van der Waals surface area contributed by atoms with Crippen molar-refractivity contribution >= 4 is 49.5 Å². The van der Waals surface area contributed by atoms with Crippen LogP contribution in [0.4, 0.5) is 5.88 Å². The average molecular weight is 351 g/mol. The molecular formula is C9H7BrN2O4S2. The number of carbonyl (C=O) groups excluding carboxylic acids is 1. The first kappa shape index (κ1) is 13.2. The van der Waals surface area contributed by atoms with E-state index in [1.54, 1.807) is 6.92 Å². The van der Waals surface area contributed by atoms with Gasteiger partial charge in [-0.2, -0.15) is 0 Å². The molecule has 2 aromatic rings. The van der Waals surface area contributed by atoms with Crippen molar-refractivity contribution in [3.05, 3.63) is 26.5 Å². The highest BCUT2D eigenvalue weighted by molar-refractivity contribution is 9.10. The monoisotopic (exact) mass is 350 g/mol. The molecule has 0 fully saturated rings. The van der Waals surface area contributed by atoms with E-state index in [0.717, 1.165) is 11.3 Å². The van der Waals surface area contributed by atoms with Crippen LogP contribution in [0.1, 0.15) is 15.4 Å². The summed E-state index contributed by atoms with van der Waals surface area (Å²) >= 11 is 4.20. The Morgan fingerprint density at radius 2 is 2.28 bits per heavy atom. The van der Waals surface area contributed by atoms with Crippen LogP contribution >= 0.6 is 27.3 Å². The molecule has 0 spiro atoms. The molecule has 0 radical (unpaired) electrons. The zero-order chi connectivity index (χ0) is 13.3. The number of hydrogen-bond acceptors (Lipinski definition) is 6. The second-order valence-corrected chi connectivity index (χ2v) is 6.68. The highest BCUT2D eigenvalue weighted by atomic mass is 79.9. The number of halogens is 1. The minimum Gasteiger partial charge on any atom is -0.336 e. The van der Waals surface area contributed by atoms with Crippen molar-refractivity contribution in [2.45, 2.75) is 11.8 Å². The normalized spacial score (nSPS) is 11.4. The van der Waals surface area contributed by atoms with Crippen LogP contribution in [-0.2, 0) is 10.0 Å². The molecule has 9 heteroatoms. The number of aromatic nitrogens is 1. The fourth-order valence-electron chi connectivity index (χ4n) is 1.22. The Bertz CT molecular complexity index is 689. The third kappa shape index (κ3) is 2.33. The molecule has 1 N–H and O–H groups in total. The van der Waals surface area contributed by atoms with Gasteiger partial charge in [0.2, 0.25) is 0 Å². The molecule has 2 rings (SSSR count). The summed E-state index contributed by atoms with van der Waals surface area (Å²) in [6, 6.07) is 1.36. The van der Waals surface area contributed by atoms with E-state index in [2.05, 4.69) is 25.8 Å². The molecule has 0 aliphatic rings. The average Bonchev–Trinajstić information content (AvgIpc) is 2.91. The number of sulfonamides is 1. The van der Waals surface area contributed by atoms with Gasteiger partial charge in [-0.25, -0.2) is 13.1 Å². The highest BCUT2D eigenvalue weighted by Gasteiger charge is 2.23. The van der Waals surface area contributed by atoms with Crippen molar-refractivity contribution in [1.29, 1.82) is 0 Å². The maximum atomic E-state index is 12.0. The maximum Gasteiger partial charge on any atom is 0.265 e. The van der Waals surface area contributed by atoms with Gasteiger partial charge in [0.05, 0.1) is 10.6 Å². The quantitative estimate of drug-likeness (QED) is 0.855. The van der Waals surface area contributed by atoms with Crippen LogP contribution in [0.3, 0.4) is 0 Å². The molecule has 6 nitrogen and oxygen atoms in total. The van der Waals surface area contributed by atoms with Crippen molar-refractivity contribution in [2.75, 3.05) is 4.72 Å². The molecule has 2 heterocycles. The van der Waals surface area contributed by atoms with E-state index in [1.807, 2.05) is 0 Å². The smallest absolute Gasteiger partial charge is 0.265 e. The Balaban J connectivity index is 2.39. The van der Waals surface area contributed by atoms with E-state index >= 15 is 0 Å². The zero-order valence-corrected chi connectivity index (χ0v) is 12.2. The fourth-order valence-corrected chi connectivity index (χ4v) is 3.79. The van der Waals surface area contributed by atoms with Crippen molar-refractivity contribution in [3.8, 4) is 0 Å². The minimum atomic E-state index is -3.86. The number of thiophene rings is 1. The van der Waals surface area contributed by atoms with Crippen molar-refractivity contribution in [2.24, 2.45) is 0 Å². The summed E-state index contributed by atoms with van der Waals surface area (Å²) in [5, 5.41) is 5.14. The van der Waals surface area contributed by atoms with E-state index in [0.29, 0.717) is 16.5 Å². The standard InChI is InChI=1S/C9H7BrN2O4S2/c1-5-8(10)9(16-11-5)12-18(14,15)7-2-3-17-6(7)4-13/h2-4,12H,1H3. The Morgan fingerprint density at radius 1 is 1.56 bits per heavy atom. The summed E-state index contributed by atoms with van der Waals surface area (Å²) in [5.74, 6) is -0.0180. The van der Waals surface area contributed by atoms with Gasteiger partial charge in [-0.15, -0.1) is 11.3 Å². The van der Waals surface area contributed by atoms with Gasteiger partial charge >= 0.3 is 0 Å². The molecular weight excluding hydrogens is 344 g/mol. The lowest BCUT2D eigenvalue weighted by atomic mass is 10.5. The second kappa shape index (κ2) is 4.82. The molecule has 0 aliphatic heterocycles. The predicted molar refractivity (Wildman–Crippen MR) is 69.5 cm³/mol. The molecule has 0 aromatic carbocycles. The van der Waals surface area contributed by atoms with E-state index in [9.17, 15) is 13.2 Å². The first-order chi connectivity index (χ1) is 8.45. The molecule has 0 saturated heterocycles. The Hall–Kier alpha value is -1.19. The number of rotatable bonds is 4. The minimum absolute atomic E-state index is 0.0180. The van der Waals surface area contributed by atoms with Gasteiger partial charge in [0, 0.05) is 0 Å². The Labute approximate surface area is 115 Å². The largest absolute Gasteiger partial charge is 0.336 e. The third-order valence-electron chi connectivity index (χ3n) is 2.07. The van der Waals surface area contributed by atoms with Crippen LogP contribution < -0.4 is 4.72 Å². The summed E-state index contributed by atoms with van der Waals surface area (Å²) in [6.07, 6.45) is 0.500. The van der Waals surface area contributed by atoms with Gasteiger partial charge in [0.15, 0.2) is 6.29 Å². The first-order valence-corrected chi connectivity index (χ1v) is 7.78. The molecule has 0 bridgehead atoms. The Kier molecular flexibility index (Phi) is 3.55. The summed E-state index contributed by atoms with van der Waals surface area (Å²) in [6.45, 7) is 1.66. The number of nitrogens with one attached hydrogen (secondary N) is 1. The van der Waals surface area contributed by atoms with Crippen LogP contribution in [0.15, 0.2) is 25.3 Å². The van der Waals surface area contributed by atoms with E-state index in [1.165, 1.54) is 11.4 Å². The molecule has 0 saturated carbocycles. The number of carbonyl (C=O) groups is 1. The van der Waals surface area contributed by atoms with Crippen LogP contribution in [0.2, 0.25) is 0 Å². The molecule has 0 amide bonds. The number of hydrogen-bond donors (Lipinski definition) is 1. The SMILES string of the molecule is Cc1noc(NS(=O)(=O)c2ccsc2C=O)c1Br. The molecule has 96 valence electrons. The van der Waals surface area contributed by atoms with Gasteiger partial charge in [-0.3, -0.25) is 4.79 Å². The lowest BCUT2D eigenvalue weighted by Crippen LogP contribution is -2.13. The van der Waals surface area contributed by atoms with Gasteiger partial charge in [-0.05, 0) is 34.3 Å². The van der Waals surface area contributed by atoms with Crippen LogP contribution in [0, 0.1) is 6.92 Å². The number of anilines is 1. The van der Waals surface area contributed by atoms with E-state index in [4.69, 9.17) is 4.52 Å². The number of aryl methyl sites for hydroxylation is 1. The van der Waals surface area contributed by atoms with Crippen LogP contribution in [0.25, 0.3) is 0 Å². The molecule has 18 heavy (non-hydrogen) atoms. The summed E-state index contributed by atoms with van der Waals surface area (Å²) in [5.41, 5.74) is 0.522. The first-order valence-electron chi connectivity index (χ1n) is 4.63. The lowest BCUT2D eigenvalue weighted by molar-refractivity contribution is 0.112. The lowest BCUT2D eigenvalue weighted by Gasteiger charge is -2.03. The van der Waals surface area contributed by atoms with Crippen molar-refractivity contribution in [3.63, 3.8) is 0 Å². The zero-order valence-electron chi connectivity index (χ0n) is 9.01. The Morgan fingerprint density at radius 3 is 2.83 bits per heavy atom. The van der Waals surface area contributed by atoms with Gasteiger partial charge in [-0.1, -0.05) is 5.16 Å². The van der Waals surface area contributed by atoms with Crippen molar-refractivity contribution in [1.82, 2.24) is 5.16 Å². The predicted octanol–water partition coefficient (Wildman–Crippen LogP) is 2.42. The van der Waals surface area contributed by atoms with Crippen LogP contribution in [0.5, 0.6) is 0 Å². The fraction of sp³-hybridized carbons (Fsp3) is 0.111. The molecule has 0 atom stereocenters. The molecule has 0 unspecified atom stereocenters. The van der Waals surface area contributed by atoms with Gasteiger partial charge in [0.25, 0.3) is 15.9 Å². The summed E-state index contributed by atoms with van der Waals surface area (Å²) in [4.78, 5) is 10.8. The molecule has 0 aliphatic carbocycles. The topological polar surface area (TPSA) is 89.3 Å². The summed E-state index contributed by atoms with van der Waals surface area (Å²) < 4.78 is 31.5. The number of nitrogens with zero attached hydrogens (tertiary/aromatic N) is 1. The maximum absolute atomic E-state index is 12.0. The van der Waals surface area contributed by atoms with Crippen molar-refractivity contribution < 1.29 is 17.7 Å². The number of aldehydes is 1.